The molecule has 2 aliphatic heterocycles. The predicted molar refractivity (Wildman–Crippen MR) is 159 cm³/mol. The molecule has 14 heteroatoms. The van der Waals surface area contributed by atoms with Crippen molar-refractivity contribution in [3.63, 3.8) is 0 Å². The van der Waals surface area contributed by atoms with Gasteiger partial charge in [0.1, 0.15) is 10.8 Å². The highest BCUT2D eigenvalue weighted by atomic mass is 32.2. The van der Waals surface area contributed by atoms with Crippen LogP contribution >= 0.6 is 23.5 Å². The van der Waals surface area contributed by atoms with Crippen LogP contribution in [0.1, 0.15) is 36.7 Å². The first kappa shape index (κ1) is 29.1. The Morgan fingerprint density at radius 1 is 1.26 bits per heavy atom. The van der Waals surface area contributed by atoms with Crippen LogP contribution in [0.5, 0.6) is 11.6 Å². The van der Waals surface area contributed by atoms with Gasteiger partial charge in [-0.25, -0.2) is 14.6 Å². The summed E-state index contributed by atoms with van der Waals surface area (Å²) in [6.07, 6.45) is 4.58. The van der Waals surface area contributed by atoms with Crippen LogP contribution in [0.15, 0.2) is 67.8 Å². The summed E-state index contributed by atoms with van der Waals surface area (Å²) in [7, 11) is 1.20. The van der Waals surface area contributed by atoms with E-state index in [0.29, 0.717) is 34.0 Å². The van der Waals surface area contributed by atoms with E-state index in [2.05, 4.69) is 24.9 Å². The fraction of sp³-hybridized carbons (Fsp3) is 0.250. The van der Waals surface area contributed by atoms with Gasteiger partial charge < -0.3 is 24.3 Å². The number of azo groups is 1. The largest absolute Gasteiger partial charge is 0.494 e. The van der Waals surface area contributed by atoms with Crippen molar-refractivity contribution in [2.75, 3.05) is 19.5 Å². The average molecular weight is 608 g/mol. The van der Waals surface area contributed by atoms with Gasteiger partial charge >= 0.3 is 11.9 Å². The molecule has 4 heterocycles. The van der Waals surface area contributed by atoms with Crippen molar-refractivity contribution in [2.24, 2.45) is 15.2 Å². The molecule has 216 valence electrons. The standard InChI is InChI=1S/C28H25N5O7S2/c1-5-40-15-9-17-14(13-41-24-16(26(37)38)7-6-8-29-24)12-28(2,3)33-22(17)18(10-15)21(25(33)36)31-32-27-30-23(35)19(42-27)11-20(34)39-4/h6-12,36H,5,13H2,1-4H3,(H,37,38)/b19-11-,32-31?. The minimum Gasteiger partial charge on any atom is -0.494 e. The highest BCUT2D eigenvalue weighted by Gasteiger charge is 2.34. The van der Waals surface area contributed by atoms with Gasteiger partial charge in [-0.05, 0) is 62.4 Å². The molecule has 1 aromatic carbocycles. The topological polar surface area (TPSA) is 165 Å². The minimum absolute atomic E-state index is 0.00517. The molecule has 0 atom stereocenters. The number of aromatic carboxylic acids is 1. The normalized spacial score (nSPS) is 16.7. The van der Waals surface area contributed by atoms with Crippen molar-refractivity contribution in [3.8, 4) is 11.6 Å². The molecule has 0 radical (unpaired) electrons. The van der Waals surface area contributed by atoms with Crippen LogP contribution in [0.2, 0.25) is 0 Å². The number of carbonyl (C=O) groups excluding carboxylic acids is 2. The van der Waals surface area contributed by atoms with Gasteiger partial charge in [-0.15, -0.1) is 22.0 Å². The number of carboxylic acids is 1. The zero-order valence-corrected chi connectivity index (χ0v) is 24.6. The summed E-state index contributed by atoms with van der Waals surface area (Å²) in [4.78, 5) is 43.6. The number of amides is 1. The number of allylic oxidation sites excluding steroid dienone is 1. The van der Waals surface area contributed by atoms with Gasteiger partial charge in [0.25, 0.3) is 5.91 Å². The Morgan fingerprint density at radius 2 is 2.05 bits per heavy atom. The van der Waals surface area contributed by atoms with Crippen LogP contribution in [-0.2, 0) is 19.9 Å². The Labute approximate surface area is 248 Å². The fourth-order valence-electron chi connectivity index (χ4n) is 4.72. The number of aromatic nitrogens is 2. The van der Waals surface area contributed by atoms with Gasteiger partial charge in [0.2, 0.25) is 11.0 Å². The maximum Gasteiger partial charge on any atom is 0.338 e. The SMILES string of the molecule is CCOc1cc2c3c(c1)c(N=NC1=NC(=O)/C(=C/C(=O)OC)S1)c(O)n3C(C)(C)C=C2CSc1ncccc1C(=O)O. The summed E-state index contributed by atoms with van der Waals surface area (Å²) < 4.78 is 12.2. The number of ether oxygens (including phenoxy) is 2. The third-order valence-electron chi connectivity index (χ3n) is 6.41. The second-order valence-electron chi connectivity index (χ2n) is 9.61. The number of aromatic hydroxyl groups is 1. The fourth-order valence-corrected chi connectivity index (χ4v) is 6.39. The number of benzene rings is 1. The van der Waals surface area contributed by atoms with E-state index >= 15 is 0 Å². The number of rotatable bonds is 8. The van der Waals surface area contributed by atoms with E-state index in [0.717, 1.165) is 29.0 Å². The monoisotopic (exact) mass is 607 g/mol. The number of hydrogen-bond acceptors (Lipinski definition) is 11. The summed E-state index contributed by atoms with van der Waals surface area (Å²) in [6.45, 7) is 6.11. The van der Waals surface area contributed by atoms with E-state index in [-0.39, 0.29) is 27.2 Å². The number of carboxylic acid groups (broad SMARTS) is 1. The van der Waals surface area contributed by atoms with E-state index in [1.165, 1.54) is 24.9 Å². The van der Waals surface area contributed by atoms with Gasteiger partial charge in [-0.3, -0.25) is 4.79 Å². The van der Waals surface area contributed by atoms with Crippen molar-refractivity contribution < 1.29 is 34.1 Å². The summed E-state index contributed by atoms with van der Waals surface area (Å²) in [5, 5.41) is 30.4. The maximum atomic E-state index is 12.2. The van der Waals surface area contributed by atoms with Gasteiger partial charge in [0.05, 0.1) is 35.2 Å². The third kappa shape index (κ3) is 5.42. The number of nitrogens with zero attached hydrogens (tertiary/aromatic N) is 5. The zero-order valence-electron chi connectivity index (χ0n) is 22.9. The molecule has 0 saturated carbocycles. The molecule has 3 aromatic rings. The van der Waals surface area contributed by atoms with E-state index in [9.17, 15) is 24.6 Å². The Kier molecular flexibility index (Phi) is 7.93. The van der Waals surface area contributed by atoms with Gasteiger partial charge in [0.15, 0.2) is 5.69 Å². The van der Waals surface area contributed by atoms with Crippen LogP contribution < -0.4 is 4.74 Å². The summed E-state index contributed by atoms with van der Waals surface area (Å²) in [5.74, 6) is -1.60. The number of esters is 1. The number of hydrogen-bond donors (Lipinski definition) is 2. The van der Waals surface area contributed by atoms with Crippen LogP contribution in [-0.4, -0.2) is 62.2 Å². The first-order valence-electron chi connectivity index (χ1n) is 12.6. The van der Waals surface area contributed by atoms with Crippen LogP contribution in [0.3, 0.4) is 0 Å². The molecule has 42 heavy (non-hydrogen) atoms. The highest BCUT2D eigenvalue weighted by Crippen LogP contribution is 2.50. The molecule has 0 fully saturated rings. The Hall–Kier alpha value is -4.43. The second-order valence-corrected chi connectivity index (χ2v) is 11.6. The lowest BCUT2D eigenvalue weighted by Gasteiger charge is -2.32. The Balaban J connectivity index is 1.57. The molecule has 0 aliphatic carbocycles. The molecule has 5 rings (SSSR count). The highest BCUT2D eigenvalue weighted by molar-refractivity contribution is 8.18. The van der Waals surface area contributed by atoms with Gasteiger partial charge in [-0.2, -0.15) is 4.99 Å². The van der Waals surface area contributed by atoms with Crippen molar-refractivity contribution >= 4 is 68.7 Å². The Morgan fingerprint density at radius 3 is 2.76 bits per heavy atom. The predicted octanol–water partition coefficient (Wildman–Crippen LogP) is 5.53. The molecule has 0 bridgehead atoms. The summed E-state index contributed by atoms with van der Waals surface area (Å²) in [6, 6.07) is 6.73. The lowest BCUT2D eigenvalue weighted by molar-refractivity contribution is -0.135. The number of amidine groups is 1. The number of methoxy groups -OCH3 is 1. The quantitative estimate of drug-likeness (QED) is 0.144. The lowest BCUT2D eigenvalue weighted by Crippen LogP contribution is -2.27. The van der Waals surface area contributed by atoms with Crippen molar-refractivity contribution in [2.45, 2.75) is 31.3 Å². The summed E-state index contributed by atoms with van der Waals surface area (Å²) >= 11 is 2.17. The van der Waals surface area contributed by atoms with Crippen molar-refractivity contribution in [1.29, 1.82) is 0 Å². The molecule has 12 nitrogen and oxygen atoms in total. The smallest absolute Gasteiger partial charge is 0.338 e. The van der Waals surface area contributed by atoms with E-state index in [1.807, 2.05) is 32.9 Å². The van der Waals surface area contributed by atoms with Crippen LogP contribution in [0.4, 0.5) is 5.69 Å². The number of thioether (sulfide) groups is 2. The van der Waals surface area contributed by atoms with Crippen molar-refractivity contribution in [1.82, 2.24) is 9.55 Å². The molecule has 2 aromatic heterocycles. The molecular weight excluding hydrogens is 582 g/mol. The first-order valence-corrected chi connectivity index (χ1v) is 14.4. The van der Waals surface area contributed by atoms with E-state index in [1.54, 1.807) is 22.9 Å². The lowest BCUT2D eigenvalue weighted by atomic mass is 9.91. The van der Waals surface area contributed by atoms with Crippen molar-refractivity contribution in [3.05, 3.63) is 58.6 Å². The number of carbonyl (C=O) groups is 3. The maximum absolute atomic E-state index is 12.2. The average Bonchev–Trinajstić information content (AvgIpc) is 3.44. The molecule has 0 saturated heterocycles. The molecule has 2 aliphatic rings. The molecular formula is C28H25N5O7S2. The zero-order chi connectivity index (χ0) is 30.2. The van der Waals surface area contributed by atoms with Gasteiger partial charge in [0, 0.05) is 29.0 Å². The Bertz CT molecular complexity index is 1770. The van der Waals surface area contributed by atoms with E-state index < -0.39 is 23.4 Å². The summed E-state index contributed by atoms with van der Waals surface area (Å²) in [5.41, 5.74) is 1.92. The first-order chi connectivity index (χ1) is 20.0. The van der Waals surface area contributed by atoms with E-state index in [4.69, 9.17) is 4.74 Å². The van der Waals surface area contributed by atoms with Crippen LogP contribution in [0.25, 0.3) is 16.5 Å². The molecule has 0 unspecified atom stereocenters. The molecule has 1 amide bonds. The molecule has 2 N–H and O–H groups in total. The minimum atomic E-state index is -1.06. The third-order valence-corrected chi connectivity index (χ3v) is 8.33. The second kappa shape index (κ2) is 11.4. The van der Waals surface area contributed by atoms with Crippen LogP contribution in [0, 0.1) is 0 Å². The molecule has 0 spiro atoms. The van der Waals surface area contributed by atoms with Gasteiger partial charge in [-0.1, -0.05) is 6.08 Å². The number of aliphatic imine (C=N–C) groups is 1. The number of pyridine rings is 1.